The summed E-state index contributed by atoms with van der Waals surface area (Å²) < 4.78 is 0. The Kier molecular flexibility index (Phi) is 8.78. The average molecular weight is 593 g/mol. The summed E-state index contributed by atoms with van der Waals surface area (Å²) in [6.45, 7) is 0. The number of aromatic nitrogens is 6. The fourth-order valence-electron chi connectivity index (χ4n) is 4.62. The third-order valence-corrected chi connectivity index (χ3v) is 8.69. The van der Waals surface area contributed by atoms with Gasteiger partial charge in [-0.25, -0.2) is 9.97 Å². The Morgan fingerprint density at radius 1 is 0.732 bits per heavy atom. The lowest BCUT2D eigenvalue weighted by Crippen LogP contribution is -2.16. The zero-order valence-electron chi connectivity index (χ0n) is 23.4. The van der Waals surface area contributed by atoms with Crippen molar-refractivity contribution in [1.29, 1.82) is 0 Å². The van der Waals surface area contributed by atoms with E-state index in [1.54, 1.807) is 0 Å². The molecule has 0 aliphatic heterocycles. The number of nitrogens with zero attached hydrogens (tertiary/aromatic N) is 8. The van der Waals surface area contributed by atoms with Crippen LogP contribution in [0.25, 0.3) is 0 Å². The van der Waals surface area contributed by atoms with Crippen LogP contribution in [0.1, 0.15) is 52.5 Å². The van der Waals surface area contributed by atoms with Gasteiger partial charge >= 0.3 is 0 Å². The maximum absolute atomic E-state index is 12.6. The zero-order valence-corrected chi connectivity index (χ0v) is 25.0. The van der Waals surface area contributed by atoms with Gasteiger partial charge in [0.05, 0.1) is 24.2 Å². The number of nitrogens with one attached hydrogen (secondary N) is 2. The summed E-state index contributed by atoms with van der Waals surface area (Å²) in [6.07, 6.45) is 3.09. The van der Waals surface area contributed by atoms with E-state index in [0.717, 1.165) is 40.9 Å². The second kappa shape index (κ2) is 12.6. The van der Waals surface area contributed by atoms with Crippen LogP contribution in [0.15, 0.2) is 36.4 Å². The molecule has 0 aromatic carbocycles. The maximum atomic E-state index is 12.6. The first-order valence-corrected chi connectivity index (χ1v) is 14.9. The van der Waals surface area contributed by atoms with Gasteiger partial charge in [0.2, 0.25) is 22.1 Å². The predicted octanol–water partition coefficient (Wildman–Crippen LogP) is 3.73. The Morgan fingerprint density at radius 2 is 1.17 bits per heavy atom. The minimum Gasteiger partial charge on any atom is -0.363 e. The van der Waals surface area contributed by atoms with E-state index in [1.807, 2.05) is 74.4 Å². The summed E-state index contributed by atoms with van der Waals surface area (Å²) in [5, 5.41) is 25.6. The molecule has 4 aromatic rings. The number of carbonyl (C=O) groups excluding carboxylic acids is 2. The SMILES string of the molecule is CN(C)c1cccc(CC(=O)Nc2nnc([C@H]3CC[C@H](c4nnc(NC(=O)Cc5cccc(N(C)C)n5)s4)C3)s2)n1. The molecule has 1 aliphatic rings. The van der Waals surface area contributed by atoms with E-state index < -0.39 is 0 Å². The molecule has 1 saturated carbocycles. The van der Waals surface area contributed by atoms with E-state index >= 15 is 0 Å². The molecule has 12 nitrogen and oxygen atoms in total. The van der Waals surface area contributed by atoms with Crippen LogP contribution in [0.4, 0.5) is 21.9 Å². The number of anilines is 4. The van der Waals surface area contributed by atoms with E-state index in [4.69, 9.17) is 0 Å². The molecule has 4 heterocycles. The van der Waals surface area contributed by atoms with Crippen LogP contribution in [-0.2, 0) is 22.4 Å². The fraction of sp³-hybridized carbons (Fsp3) is 0.407. The van der Waals surface area contributed by atoms with Crippen LogP contribution < -0.4 is 20.4 Å². The van der Waals surface area contributed by atoms with Gasteiger partial charge in [-0.15, -0.1) is 20.4 Å². The van der Waals surface area contributed by atoms with Crippen molar-refractivity contribution in [3.8, 4) is 0 Å². The van der Waals surface area contributed by atoms with Crippen LogP contribution in [0, 0.1) is 0 Å². The molecular formula is C27H32N10O2S2. The molecule has 0 saturated heterocycles. The van der Waals surface area contributed by atoms with Crippen molar-refractivity contribution in [2.75, 3.05) is 48.6 Å². The van der Waals surface area contributed by atoms with Crippen molar-refractivity contribution in [3.05, 3.63) is 57.8 Å². The van der Waals surface area contributed by atoms with Crippen LogP contribution >= 0.6 is 22.7 Å². The number of amides is 2. The third-order valence-electron chi connectivity index (χ3n) is 6.69. The first-order valence-electron chi connectivity index (χ1n) is 13.3. The molecule has 0 bridgehead atoms. The van der Waals surface area contributed by atoms with Gasteiger partial charge in [0.15, 0.2) is 0 Å². The largest absolute Gasteiger partial charge is 0.363 e. The summed E-state index contributed by atoms with van der Waals surface area (Å²) >= 11 is 2.82. The summed E-state index contributed by atoms with van der Waals surface area (Å²) in [5.41, 5.74) is 1.39. The van der Waals surface area contributed by atoms with Crippen molar-refractivity contribution in [2.24, 2.45) is 0 Å². The lowest BCUT2D eigenvalue weighted by atomic mass is 10.1. The summed E-state index contributed by atoms with van der Waals surface area (Å²) in [7, 11) is 7.65. The monoisotopic (exact) mass is 592 g/mol. The van der Waals surface area contributed by atoms with Crippen molar-refractivity contribution >= 4 is 56.4 Å². The molecule has 214 valence electrons. The highest BCUT2D eigenvalue weighted by Gasteiger charge is 2.32. The minimum absolute atomic E-state index is 0.164. The van der Waals surface area contributed by atoms with Crippen molar-refractivity contribution in [3.63, 3.8) is 0 Å². The first kappa shape index (κ1) is 28.5. The molecule has 1 aliphatic carbocycles. The van der Waals surface area contributed by atoms with Gasteiger partial charge in [0.25, 0.3) is 0 Å². The van der Waals surface area contributed by atoms with E-state index in [9.17, 15) is 9.59 Å². The van der Waals surface area contributed by atoms with Crippen molar-refractivity contribution < 1.29 is 9.59 Å². The summed E-state index contributed by atoms with van der Waals surface area (Å²) in [4.78, 5) is 38.0. The lowest BCUT2D eigenvalue weighted by molar-refractivity contribution is -0.116. The Morgan fingerprint density at radius 3 is 1.59 bits per heavy atom. The average Bonchev–Trinajstić information content (AvgIpc) is 3.70. The molecule has 2 amide bonds. The highest BCUT2D eigenvalue weighted by Crippen LogP contribution is 2.45. The van der Waals surface area contributed by atoms with E-state index in [2.05, 4.69) is 41.0 Å². The van der Waals surface area contributed by atoms with Crippen molar-refractivity contribution in [2.45, 2.75) is 43.9 Å². The molecule has 1 fully saturated rings. The molecule has 2 atom stereocenters. The van der Waals surface area contributed by atoms with Gasteiger partial charge in [0, 0.05) is 40.0 Å². The highest BCUT2D eigenvalue weighted by atomic mass is 32.1. The van der Waals surface area contributed by atoms with Crippen LogP contribution in [0.5, 0.6) is 0 Å². The quantitative estimate of drug-likeness (QED) is 0.280. The van der Waals surface area contributed by atoms with Gasteiger partial charge in [-0.1, -0.05) is 34.8 Å². The molecule has 5 rings (SSSR count). The molecule has 14 heteroatoms. The molecular weight excluding hydrogens is 560 g/mol. The topological polar surface area (TPSA) is 142 Å². The highest BCUT2D eigenvalue weighted by molar-refractivity contribution is 7.15. The standard InChI is InChI=1S/C27H32N10O2S2/c1-36(2)20-9-5-7-18(28-20)14-22(38)30-26-34-32-24(40-26)16-11-12-17(13-16)25-33-35-27(41-25)31-23(39)15-19-8-6-10-21(29-19)37(3)4/h5-10,16-17H,11-15H2,1-4H3,(H,30,34,38)(H,31,35,39)/t16-,17-/m0/s1. The number of pyridine rings is 2. The minimum atomic E-state index is -0.176. The predicted molar refractivity (Wildman–Crippen MR) is 161 cm³/mol. The van der Waals surface area contributed by atoms with E-state index in [1.165, 1.54) is 22.7 Å². The van der Waals surface area contributed by atoms with Gasteiger partial charge in [-0.05, 0) is 43.5 Å². The lowest BCUT2D eigenvalue weighted by Gasteiger charge is -2.11. The maximum Gasteiger partial charge on any atom is 0.232 e. The van der Waals surface area contributed by atoms with Gasteiger partial charge in [-0.2, -0.15) is 0 Å². The number of rotatable bonds is 10. The van der Waals surface area contributed by atoms with Crippen LogP contribution in [0.2, 0.25) is 0 Å². The van der Waals surface area contributed by atoms with Crippen LogP contribution in [0.3, 0.4) is 0 Å². The molecule has 4 aromatic heterocycles. The second-order valence-corrected chi connectivity index (χ2v) is 12.3. The molecule has 41 heavy (non-hydrogen) atoms. The molecule has 2 N–H and O–H groups in total. The van der Waals surface area contributed by atoms with Crippen molar-refractivity contribution in [1.82, 2.24) is 30.4 Å². The third kappa shape index (κ3) is 7.38. The zero-order chi connectivity index (χ0) is 28.9. The summed E-state index contributed by atoms with van der Waals surface area (Å²) in [5.74, 6) is 1.72. The van der Waals surface area contributed by atoms with Gasteiger partial charge in [0.1, 0.15) is 21.7 Å². The number of carbonyl (C=O) groups is 2. The smallest absolute Gasteiger partial charge is 0.232 e. The first-order chi connectivity index (χ1) is 19.7. The fourth-order valence-corrected chi connectivity index (χ4v) is 6.43. The number of hydrogen-bond acceptors (Lipinski definition) is 12. The molecule has 0 radical (unpaired) electrons. The second-order valence-electron chi connectivity index (χ2n) is 10.3. The Bertz CT molecular complexity index is 1410. The summed E-state index contributed by atoms with van der Waals surface area (Å²) in [6, 6.07) is 11.3. The van der Waals surface area contributed by atoms with Crippen LogP contribution in [-0.4, -0.2) is 70.4 Å². The Balaban J connectivity index is 1.12. The normalized spacial score (nSPS) is 16.4. The number of hydrogen-bond donors (Lipinski definition) is 2. The molecule has 0 unspecified atom stereocenters. The molecule has 0 spiro atoms. The van der Waals surface area contributed by atoms with Gasteiger partial charge in [-0.3, -0.25) is 9.59 Å². The van der Waals surface area contributed by atoms with Gasteiger partial charge < -0.3 is 20.4 Å². The van der Waals surface area contributed by atoms with E-state index in [0.29, 0.717) is 21.7 Å². The Hall–Kier alpha value is -4.04. The Labute approximate surface area is 246 Å². The van der Waals surface area contributed by atoms with E-state index in [-0.39, 0.29) is 36.5 Å².